The number of nitrogens with one attached hydrogen (secondary N) is 1. The fourth-order valence-corrected chi connectivity index (χ4v) is 1.74. The van der Waals surface area contributed by atoms with Gasteiger partial charge in [-0.3, -0.25) is 0 Å². The second-order valence-corrected chi connectivity index (χ2v) is 6.21. The molecule has 0 aliphatic carbocycles. The summed E-state index contributed by atoms with van der Waals surface area (Å²) in [4.78, 5) is 0. The van der Waals surface area contributed by atoms with Crippen LogP contribution in [0.3, 0.4) is 0 Å². The van der Waals surface area contributed by atoms with Gasteiger partial charge < -0.3 is 32.3 Å². The van der Waals surface area contributed by atoms with Crippen molar-refractivity contribution in [2.75, 3.05) is 26.4 Å². The molecule has 1 atom stereocenters. The van der Waals surface area contributed by atoms with Crippen LogP contribution in [-0.4, -0.2) is 43.1 Å². The number of aryl methyl sites for hydroxylation is 1. The zero-order valence-corrected chi connectivity index (χ0v) is 14.8. The molecule has 5 heteroatoms. The van der Waals surface area contributed by atoms with Gasteiger partial charge in [0.2, 0.25) is 0 Å². The molecular formula is C17H29ClNO3-. The first-order valence-electron chi connectivity index (χ1n) is 7.63. The van der Waals surface area contributed by atoms with Crippen LogP contribution in [0.1, 0.15) is 33.3 Å². The van der Waals surface area contributed by atoms with Gasteiger partial charge in [0.05, 0.1) is 19.3 Å². The predicted octanol–water partition coefficient (Wildman–Crippen LogP) is -0.603. The first-order valence-corrected chi connectivity index (χ1v) is 7.63. The van der Waals surface area contributed by atoms with Crippen LogP contribution in [0.15, 0.2) is 24.3 Å². The fraction of sp³-hybridized carbons (Fsp3) is 0.647. The average Bonchev–Trinajstić information content (AvgIpc) is 2.44. The Morgan fingerprint density at radius 3 is 2.32 bits per heavy atom. The van der Waals surface area contributed by atoms with Crippen molar-refractivity contribution in [3.8, 4) is 5.75 Å². The summed E-state index contributed by atoms with van der Waals surface area (Å²) in [6, 6.07) is 8.08. The molecule has 0 amide bonds. The van der Waals surface area contributed by atoms with Crippen LogP contribution in [-0.2, 0) is 11.2 Å². The van der Waals surface area contributed by atoms with Crippen molar-refractivity contribution in [3.63, 3.8) is 0 Å². The lowest BCUT2D eigenvalue weighted by atomic mass is 10.1. The van der Waals surface area contributed by atoms with Gasteiger partial charge in [0.1, 0.15) is 12.4 Å². The van der Waals surface area contributed by atoms with Crippen molar-refractivity contribution in [2.45, 2.75) is 45.8 Å². The van der Waals surface area contributed by atoms with Gasteiger partial charge in [-0.2, -0.15) is 0 Å². The molecule has 0 aromatic heterocycles. The summed E-state index contributed by atoms with van der Waals surface area (Å²) in [5, 5.41) is 13.0. The molecule has 2 N–H and O–H groups in total. The highest BCUT2D eigenvalue weighted by atomic mass is 35.5. The number of halogens is 1. The third kappa shape index (κ3) is 10.0. The first kappa shape index (κ1) is 21.2. The maximum Gasteiger partial charge on any atom is 0.119 e. The van der Waals surface area contributed by atoms with Crippen LogP contribution >= 0.6 is 0 Å². The largest absolute Gasteiger partial charge is 1.00 e. The van der Waals surface area contributed by atoms with E-state index in [4.69, 9.17) is 9.47 Å². The lowest BCUT2D eigenvalue weighted by Gasteiger charge is -2.22. The molecule has 0 fully saturated rings. The van der Waals surface area contributed by atoms with Crippen molar-refractivity contribution in [1.29, 1.82) is 0 Å². The predicted molar refractivity (Wildman–Crippen MR) is 85.9 cm³/mol. The summed E-state index contributed by atoms with van der Waals surface area (Å²) in [6.07, 6.45) is 0.539. The van der Waals surface area contributed by atoms with Crippen LogP contribution in [0.2, 0.25) is 0 Å². The lowest BCUT2D eigenvalue weighted by Crippen LogP contribution is -3.00. The van der Waals surface area contributed by atoms with E-state index in [-0.39, 0.29) is 17.9 Å². The van der Waals surface area contributed by atoms with Gasteiger partial charge in [-0.15, -0.1) is 0 Å². The van der Waals surface area contributed by atoms with E-state index in [9.17, 15) is 5.11 Å². The number of benzene rings is 1. The van der Waals surface area contributed by atoms with Crippen LogP contribution in [0, 0.1) is 0 Å². The fourth-order valence-electron chi connectivity index (χ4n) is 1.74. The lowest BCUT2D eigenvalue weighted by molar-refractivity contribution is -0.00000776. The summed E-state index contributed by atoms with van der Waals surface area (Å²) in [5.74, 6) is 0.853. The van der Waals surface area contributed by atoms with Crippen molar-refractivity contribution in [2.24, 2.45) is 0 Å². The van der Waals surface area contributed by atoms with E-state index in [1.807, 2.05) is 12.1 Å². The summed E-state index contributed by atoms with van der Waals surface area (Å²) in [6.45, 7) is 10.1. The minimum Gasteiger partial charge on any atom is -1.00 e. The highest BCUT2D eigenvalue weighted by molar-refractivity contribution is 5.27. The smallest absolute Gasteiger partial charge is 0.119 e. The van der Waals surface area contributed by atoms with E-state index in [2.05, 4.69) is 45.1 Å². The maximum absolute atomic E-state index is 9.76. The Morgan fingerprint density at radius 2 is 1.77 bits per heavy atom. The molecule has 0 radical (unpaired) electrons. The summed E-state index contributed by atoms with van der Waals surface area (Å²) in [7, 11) is 0. The van der Waals surface area contributed by atoms with Gasteiger partial charge in [0.25, 0.3) is 0 Å². The van der Waals surface area contributed by atoms with Crippen LogP contribution in [0.25, 0.3) is 0 Å². The Balaban J connectivity index is 0.00000441. The molecule has 0 saturated heterocycles. The maximum atomic E-state index is 9.76. The summed E-state index contributed by atoms with van der Waals surface area (Å²) >= 11 is 0. The van der Waals surface area contributed by atoms with Crippen LogP contribution in [0.4, 0.5) is 0 Å². The Labute approximate surface area is 140 Å². The van der Waals surface area contributed by atoms with Crippen molar-refractivity contribution < 1.29 is 27.0 Å². The second kappa shape index (κ2) is 10.8. The summed E-state index contributed by atoms with van der Waals surface area (Å²) < 4.78 is 11.0. The number of β-amino-alcohol motifs (C(OH)–C–C–N with tert-alkyl or cyclic N) is 1. The molecular weight excluding hydrogens is 302 g/mol. The van der Waals surface area contributed by atoms with Crippen molar-refractivity contribution in [1.82, 2.24) is 5.32 Å². The third-order valence-corrected chi connectivity index (χ3v) is 3.01. The first-order chi connectivity index (χ1) is 9.90. The molecule has 0 heterocycles. The summed E-state index contributed by atoms with van der Waals surface area (Å²) in [5.41, 5.74) is 1.31. The van der Waals surface area contributed by atoms with Crippen molar-refractivity contribution in [3.05, 3.63) is 29.8 Å². The molecule has 1 unspecified atom stereocenters. The Kier molecular flexibility index (Phi) is 10.4. The zero-order chi connectivity index (χ0) is 15.7. The minimum absolute atomic E-state index is 0. The van der Waals surface area contributed by atoms with Gasteiger partial charge in [-0.05, 0) is 44.9 Å². The van der Waals surface area contributed by atoms with Gasteiger partial charge in [-0.1, -0.05) is 19.1 Å². The molecule has 1 rings (SSSR count). The standard InChI is InChI=1S/C17H29NO3.ClH/c1-5-14-6-8-16(9-7-14)21-11-10-20-13-15(19)12-18-17(2,3)4;/h6-9,15,18-19H,5,10-13H2,1-4H3;1H/p-1. The Hall–Kier alpha value is -0.810. The van der Waals surface area contributed by atoms with E-state index in [0.717, 1.165) is 12.2 Å². The molecule has 22 heavy (non-hydrogen) atoms. The molecule has 1 aromatic rings. The van der Waals surface area contributed by atoms with Crippen LogP contribution in [0.5, 0.6) is 5.75 Å². The normalized spacial score (nSPS) is 12.6. The second-order valence-electron chi connectivity index (χ2n) is 6.21. The van der Waals surface area contributed by atoms with Gasteiger partial charge in [0.15, 0.2) is 0 Å². The topological polar surface area (TPSA) is 50.7 Å². The molecule has 1 aromatic carbocycles. The molecule has 128 valence electrons. The third-order valence-electron chi connectivity index (χ3n) is 3.01. The minimum atomic E-state index is -0.493. The number of hydrogen-bond acceptors (Lipinski definition) is 4. The van der Waals surface area contributed by atoms with Gasteiger partial charge in [0, 0.05) is 12.1 Å². The van der Waals surface area contributed by atoms with Crippen LogP contribution < -0.4 is 22.5 Å². The number of aliphatic hydroxyl groups is 1. The zero-order valence-electron chi connectivity index (χ0n) is 14.1. The molecule has 0 aliphatic rings. The number of aliphatic hydroxyl groups excluding tert-OH is 1. The molecule has 4 nitrogen and oxygen atoms in total. The number of rotatable bonds is 9. The van der Waals surface area contributed by atoms with E-state index < -0.39 is 6.10 Å². The molecule has 0 aliphatic heterocycles. The molecule has 0 saturated carbocycles. The molecule has 0 spiro atoms. The van der Waals surface area contributed by atoms with Crippen molar-refractivity contribution >= 4 is 0 Å². The highest BCUT2D eigenvalue weighted by Crippen LogP contribution is 2.12. The number of hydrogen-bond donors (Lipinski definition) is 2. The monoisotopic (exact) mass is 330 g/mol. The van der Waals surface area contributed by atoms with Gasteiger partial charge in [-0.25, -0.2) is 0 Å². The Morgan fingerprint density at radius 1 is 1.14 bits per heavy atom. The SMILES string of the molecule is CCc1ccc(OCCOCC(O)CNC(C)(C)C)cc1.[Cl-]. The van der Waals surface area contributed by atoms with E-state index >= 15 is 0 Å². The molecule has 0 bridgehead atoms. The quantitative estimate of drug-likeness (QED) is 0.594. The average molecular weight is 331 g/mol. The van der Waals surface area contributed by atoms with E-state index in [0.29, 0.717) is 26.4 Å². The number of ether oxygens (including phenoxy) is 2. The van der Waals surface area contributed by atoms with E-state index in [1.54, 1.807) is 0 Å². The van der Waals surface area contributed by atoms with Gasteiger partial charge >= 0.3 is 0 Å². The Bertz CT molecular complexity index is 390. The van der Waals surface area contributed by atoms with E-state index in [1.165, 1.54) is 5.56 Å². The highest BCUT2D eigenvalue weighted by Gasteiger charge is 2.11.